The third kappa shape index (κ3) is 4.26. The molecule has 1 N–H and O–H groups in total. The number of carbonyl (C=O) groups excluding carboxylic acids is 2. The summed E-state index contributed by atoms with van der Waals surface area (Å²) in [5.74, 6) is 1.56. The summed E-state index contributed by atoms with van der Waals surface area (Å²) in [6, 6.07) is -0.151. The number of nitrogens with one attached hydrogen (secondary N) is 1. The van der Waals surface area contributed by atoms with Crippen molar-refractivity contribution in [2.24, 2.45) is 11.3 Å². The Morgan fingerprint density at radius 1 is 1.24 bits per heavy atom. The number of amides is 2. The molecule has 2 saturated carbocycles. The molecule has 2 heterocycles. The van der Waals surface area contributed by atoms with Crippen LogP contribution in [0.5, 0.6) is 0 Å². The summed E-state index contributed by atoms with van der Waals surface area (Å²) < 4.78 is 11.4. The minimum Gasteiger partial charge on any atom is -0.444 e. The van der Waals surface area contributed by atoms with Crippen LogP contribution >= 0.6 is 0 Å². The Kier molecular flexibility index (Phi) is 4.66. The van der Waals surface area contributed by atoms with Gasteiger partial charge in [-0.1, -0.05) is 6.92 Å². The number of carbonyl (C=O) groups is 2. The lowest BCUT2D eigenvalue weighted by molar-refractivity contribution is -0.136. The Morgan fingerprint density at radius 3 is 2.48 bits per heavy atom. The van der Waals surface area contributed by atoms with E-state index in [0.717, 1.165) is 25.8 Å². The van der Waals surface area contributed by atoms with Crippen molar-refractivity contribution in [3.05, 3.63) is 11.8 Å². The van der Waals surface area contributed by atoms with Crippen LogP contribution in [0.15, 0.2) is 4.42 Å². The second-order valence-corrected chi connectivity index (χ2v) is 10.3. The number of ether oxygens (including phenoxy) is 1. The minimum atomic E-state index is -0.537. The molecule has 160 valence electrons. The summed E-state index contributed by atoms with van der Waals surface area (Å²) in [6.07, 6.45) is 5.07. The largest absolute Gasteiger partial charge is 0.444 e. The van der Waals surface area contributed by atoms with E-state index in [2.05, 4.69) is 22.4 Å². The first-order chi connectivity index (χ1) is 13.5. The van der Waals surface area contributed by atoms with Gasteiger partial charge in [0, 0.05) is 19.9 Å². The van der Waals surface area contributed by atoms with Gasteiger partial charge in [-0.15, -0.1) is 10.2 Å². The standard InChI is InChI=1S/C21H32N4O4/c1-13-12-25(14(2)26)15(10-20(13)6-7-20)17-24-23-16(28-17)11-21(8-9-21)22-18(27)29-19(3,4)5/h13,15H,6-12H2,1-5H3,(H,22,27)/t13-,15-/m0/s1. The Bertz CT molecular complexity index is 804. The number of rotatable bonds is 4. The quantitative estimate of drug-likeness (QED) is 0.826. The summed E-state index contributed by atoms with van der Waals surface area (Å²) in [5.41, 5.74) is -0.586. The Labute approximate surface area is 171 Å². The van der Waals surface area contributed by atoms with Gasteiger partial charge in [0.05, 0.1) is 5.54 Å². The molecular formula is C21H32N4O4. The number of hydrogen-bond acceptors (Lipinski definition) is 6. The van der Waals surface area contributed by atoms with Gasteiger partial charge in [-0.25, -0.2) is 4.79 Å². The predicted octanol–water partition coefficient (Wildman–Crippen LogP) is 3.38. The molecule has 8 nitrogen and oxygen atoms in total. The summed E-state index contributed by atoms with van der Waals surface area (Å²) >= 11 is 0. The molecule has 2 atom stereocenters. The van der Waals surface area contributed by atoms with Crippen molar-refractivity contribution in [3.63, 3.8) is 0 Å². The maximum absolute atomic E-state index is 12.2. The predicted molar refractivity (Wildman–Crippen MR) is 105 cm³/mol. The van der Waals surface area contributed by atoms with Crippen LogP contribution in [0.2, 0.25) is 0 Å². The van der Waals surface area contributed by atoms with Crippen LogP contribution in [-0.4, -0.2) is 44.8 Å². The number of alkyl carbamates (subject to hydrolysis) is 1. The van der Waals surface area contributed by atoms with Gasteiger partial charge in [-0.05, 0) is 64.2 Å². The Balaban J connectivity index is 1.44. The van der Waals surface area contributed by atoms with E-state index in [1.54, 1.807) is 6.92 Å². The maximum atomic E-state index is 12.2. The SMILES string of the molecule is CC(=O)N1C[C@H](C)C2(CC2)C[C@H]1c1nnc(CC2(NC(=O)OC(C)(C)C)CC2)o1. The highest BCUT2D eigenvalue weighted by molar-refractivity contribution is 5.74. The van der Waals surface area contributed by atoms with Gasteiger partial charge in [0.15, 0.2) is 0 Å². The van der Waals surface area contributed by atoms with Crippen LogP contribution < -0.4 is 5.32 Å². The van der Waals surface area contributed by atoms with Crippen molar-refractivity contribution < 1.29 is 18.7 Å². The molecule has 0 bridgehead atoms. The first kappa shape index (κ1) is 20.2. The molecule has 3 fully saturated rings. The topological polar surface area (TPSA) is 97.6 Å². The lowest BCUT2D eigenvalue weighted by Crippen LogP contribution is -2.45. The highest BCUT2D eigenvalue weighted by Gasteiger charge is 2.54. The number of likely N-dealkylation sites (tertiary alicyclic amines) is 1. The molecule has 1 aromatic rings. The van der Waals surface area contributed by atoms with E-state index in [-0.39, 0.29) is 17.5 Å². The third-order valence-electron chi connectivity index (χ3n) is 6.67. The van der Waals surface area contributed by atoms with E-state index in [1.807, 2.05) is 25.7 Å². The maximum Gasteiger partial charge on any atom is 0.408 e. The van der Waals surface area contributed by atoms with Crippen LogP contribution in [0.1, 0.15) is 84.5 Å². The van der Waals surface area contributed by atoms with Gasteiger partial charge < -0.3 is 19.4 Å². The third-order valence-corrected chi connectivity index (χ3v) is 6.67. The molecule has 4 rings (SSSR count). The van der Waals surface area contributed by atoms with E-state index in [1.165, 1.54) is 12.8 Å². The lowest BCUT2D eigenvalue weighted by Gasteiger charge is -2.41. The second kappa shape index (κ2) is 6.71. The highest BCUT2D eigenvalue weighted by atomic mass is 16.6. The zero-order chi connectivity index (χ0) is 21.0. The van der Waals surface area contributed by atoms with Gasteiger partial charge in [0.25, 0.3) is 0 Å². The molecule has 1 aromatic heterocycles. The molecule has 29 heavy (non-hydrogen) atoms. The average Bonchev–Trinajstić information content (AvgIpc) is 3.48. The van der Waals surface area contributed by atoms with Gasteiger partial charge in [-0.2, -0.15) is 0 Å². The van der Waals surface area contributed by atoms with Gasteiger partial charge in [-0.3, -0.25) is 4.79 Å². The van der Waals surface area contributed by atoms with Crippen LogP contribution in [-0.2, 0) is 16.0 Å². The molecule has 1 saturated heterocycles. The first-order valence-corrected chi connectivity index (χ1v) is 10.6. The van der Waals surface area contributed by atoms with Crippen LogP contribution in [0.4, 0.5) is 4.79 Å². The molecule has 8 heteroatoms. The second-order valence-electron chi connectivity index (χ2n) is 10.3. The Morgan fingerprint density at radius 2 is 1.93 bits per heavy atom. The van der Waals surface area contributed by atoms with E-state index in [9.17, 15) is 9.59 Å². The fraction of sp³-hybridized carbons (Fsp3) is 0.810. The van der Waals surface area contributed by atoms with Crippen molar-refractivity contribution in [1.29, 1.82) is 0 Å². The summed E-state index contributed by atoms with van der Waals surface area (Å²) in [7, 11) is 0. The average molecular weight is 405 g/mol. The van der Waals surface area contributed by atoms with E-state index in [0.29, 0.717) is 29.5 Å². The van der Waals surface area contributed by atoms with E-state index in [4.69, 9.17) is 9.15 Å². The van der Waals surface area contributed by atoms with Crippen molar-refractivity contribution in [2.45, 2.75) is 90.3 Å². The van der Waals surface area contributed by atoms with Crippen molar-refractivity contribution in [3.8, 4) is 0 Å². The molecule has 1 aliphatic heterocycles. The molecule has 1 spiro atoms. The molecule has 3 aliphatic rings. The number of nitrogens with zero attached hydrogens (tertiary/aromatic N) is 3. The summed E-state index contributed by atoms with van der Waals surface area (Å²) in [5, 5.41) is 11.5. The van der Waals surface area contributed by atoms with Crippen LogP contribution in [0.25, 0.3) is 0 Å². The van der Waals surface area contributed by atoms with Crippen molar-refractivity contribution in [2.75, 3.05) is 6.54 Å². The molecule has 0 aromatic carbocycles. The molecule has 2 aliphatic carbocycles. The number of hydrogen-bond donors (Lipinski definition) is 1. The number of aromatic nitrogens is 2. The van der Waals surface area contributed by atoms with Gasteiger partial charge >= 0.3 is 6.09 Å². The minimum absolute atomic E-state index is 0.0438. The van der Waals surface area contributed by atoms with Gasteiger partial charge in [0.1, 0.15) is 11.6 Å². The van der Waals surface area contributed by atoms with Gasteiger partial charge in [0.2, 0.25) is 17.7 Å². The van der Waals surface area contributed by atoms with E-state index < -0.39 is 11.7 Å². The number of piperidine rings is 1. The van der Waals surface area contributed by atoms with Crippen molar-refractivity contribution in [1.82, 2.24) is 20.4 Å². The molecule has 0 unspecified atom stereocenters. The monoisotopic (exact) mass is 404 g/mol. The normalized spacial score (nSPS) is 26.9. The van der Waals surface area contributed by atoms with Crippen molar-refractivity contribution >= 4 is 12.0 Å². The smallest absolute Gasteiger partial charge is 0.408 e. The summed E-state index contributed by atoms with van der Waals surface area (Å²) in [6.45, 7) is 10.1. The summed E-state index contributed by atoms with van der Waals surface area (Å²) in [4.78, 5) is 26.2. The molecular weight excluding hydrogens is 372 g/mol. The zero-order valence-electron chi connectivity index (χ0n) is 18.1. The van der Waals surface area contributed by atoms with E-state index >= 15 is 0 Å². The molecule has 2 amide bonds. The lowest BCUT2D eigenvalue weighted by atomic mass is 9.79. The fourth-order valence-electron chi connectivity index (χ4n) is 4.52. The van der Waals surface area contributed by atoms with Crippen LogP contribution in [0, 0.1) is 11.3 Å². The molecule has 0 radical (unpaired) electrons. The van der Waals surface area contributed by atoms with Crippen LogP contribution in [0.3, 0.4) is 0 Å². The fourth-order valence-corrected chi connectivity index (χ4v) is 4.52. The highest BCUT2D eigenvalue weighted by Crippen LogP contribution is 2.60. The Hall–Kier alpha value is -2.12. The zero-order valence-corrected chi connectivity index (χ0v) is 18.1. The first-order valence-electron chi connectivity index (χ1n) is 10.6.